The van der Waals surface area contributed by atoms with Gasteiger partial charge in [0.25, 0.3) is 11.1 Å². The van der Waals surface area contributed by atoms with Gasteiger partial charge in [-0.3, -0.25) is 53.3 Å². The van der Waals surface area contributed by atoms with Gasteiger partial charge in [-0.25, -0.2) is 21.1 Å². The van der Waals surface area contributed by atoms with E-state index in [0.29, 0.717) is 23.1 Å². The lowest BCUT2D eigenvalue weighted by molar-refractivity contribution is -0.217. The highest BCUT2D eigenvalue weighted by Gasteiger charge is 2.28. The van der Waals surface area contributed by atoms with Crippen LogP contribution in [0.15, 0.2) is 125 Å². The van der Waals surface area contributed by atoms with Crippen molar-refractivity contribution in [2.24, 2.45) is 11.5 Å². The molecule has 15 N–H and O–H groups in total. The molecule has 0 spiro atoms. The average molecular weight is 1290 g/mol. The van der Waals surface area contributed by atoms with E-state index >= 15 is 0 Å². The summed E-state index contributed by atoms with van der Waals surface area (Å²) in [7, 11) is 9.26. The number of nitriles is 2. The summed E-state index contributed by atoms with van der Waals surface area (Å²) >= 11 is 0. The molecule has 492 valence electrons. The van der Waals surface area contributed by atoms with E-state index in [9.17, 15) is 20.1 Å². The molecule has 0 bridgehead atoms. The SMILES string of the molecule is C#CC#CC#CC.CC(C)c1c[nH]c(=O)cc1O/C(C#N)=C/Nc1ccccc1.CC(C)c1c[nH]c(=O)cc1Oc1cnc(N)nc1N.COc1cc(OC(C#N)C(N(C)C)N(C)C)c(C(C)C)cn1.Cl.N=C(N)N.Nc1ccccc1.O=COO.[C-]#CC#CC#C[CH2-].[HH]. The summed E-state index contributed by atoms with van der Waals surface area (Å²) in [6.45, 7) is 16.9. The van der Waals surface area contributed by atoms with Gasteiger partial charge in [-0.2, -0.15) is 22.4 Å². The molecule has 25 nitrogen and oxygen atoms in total. The normalized spacial score (nSPS) is 9.47. The zero-order valence-corrected chi connectivity index (χ0v) is 54.6. The van der Waals surface area contributed by atoms with Crippen LogP contribution in [0.2, 0.25) is 0 Å². The number of guanidine groups is 1. The summed E-state index contributed by atoms with van der Waals surface area (Å²) in [5.74, 6) is 25.8. The Morgan fingerprint density at radius 2 is 1.30 bits per heavy atom. The molecule has 0 fully saturated rings. The van der Waals surface area contributed by atoms with Crippen LogP contribution >= 0.6 is 12.4 Å². The number of H-pyrrole nitrogens is 2. The van der Waals surface area contributed by atoms with Crippen molar-refractivity contribution in [1.82, 2.24) is 34.7 Å². The predicted molar refractivity (Wildman–Crippen MR) is 368 cm³/mol. The zero-order valence-electron chi connectivity index (χ0n) is 53.8. The maximum atomic E-state index is 11.5. The van der Waals surface area contributed by atoms with Gasteiger partial charge in [0.1, 0.15) is 35.6 Å². The molecule has 0 aliphatic rings. The van der Waals surface area contributed by atoms with Crippen LogP contribution in [0.4, 0.5) is 23.1 Å². The lowest BCUT2D eigenvalue weighted by Gasteiger charge is -2.34. The number of ether oxygens (including phenoxy) is 4. The van der Waals surface area contributed by atoms with Crippen LogP contribution in [0.25, 0.3) is 0 Å². The molecule has 0 radical (unpaired) electrons. The lowest BCUT2D eigenvalue weighted by atomic mass is 10.0. The summed E-state index contributed by atoms with van der Waals surface area (Å²) in [5, 5.41) is 34.8. The minimum atomic E-state index is -0.630. The first-order valence-corrected chi connectivity index (χ1v) is 27.0. The molecule has 0 amide bonds. The molecular formula is C67H81ClN16O9-2. The van der Waals surface area contributed by atoms with E-state index in [2.05, 4.69) is 127 Å². The number of carbonyl (C=O) groups excluding carboxylic acids is 1. The van der Waals surface area contributed by atoms with Crippen molar-refractivity contribution >= 4 is 48.0 Å². The van der Waals surface area contributed by atoms with Crippen molar-refractivity contribution in [2.75, 3.05) is 57.8 Å². The Bertz CT molecular complexity index is 3750. The number of carbonyl (C=O) groups is 1. The fourth-order valence-corrected chi connectivity index (χ4v) is 6.55. The second kappa shape index (κ2) is 50.8. The third-order valence-corrected chi connectivity index (χ3v) is 10.4. The maximum absolute atomic E-state index is 11.5. The molecule has 6 rings (SSSR count). The van der Waals surface area contributed by atoms with Gasteiger partial charge in [0.2, 0.25) is 23.7 Å². The summed E-state index contributed by atoms with van der Waals surface area (Å²) in [5.41, 5.74) is 29.2. The molecule has 0 saturated carbocycles. The van der Waals surface area contributed by atoms with Gasteiger partial charge in [-0.1, -0.05) is 83.9 Å². The number of halogens is 1. The number of rotatable bonds is 16. The number of nitrogens with one attached hydrogen (secondary N) is 4. The Morgan fingerprint density at radius 1 is 0.785 bits per heavy atom. The highest BCUT2D eigenvalue weighted by Crippen LogP contribution is 2.32. The zero-order chi connectivity index (χ0) is 70.0. The van der Waals surface area contributed by atoms with Crippen LogP contribution in [0.5, 0.6) is 28.9 Å². The van der Waals surface area contributed by atoms with Gasteiger partial charge in [0, 0.05) is 66.3 Å². The number of para-hydroxylation sites is 2. The second-order valence-electron chi connectivity index (χ2n) is 18.8. The third-order valence-electron chi connectivity index (χ3n) is 10.4. The maximum Gasteiger partial charge on any atom is 0.330 e. The highest BCUT2D eigenvalue weighted by atomic mass is 35.5. The van der Waals surface area contributed by atoms with Crippen molar-refractivity contribution in [2.45, 2.75) is 78.5 Å². The van der Waals surface area contributed by atoms with E-state index in [1.807, 2.05) is 138 Å². The summed E-state index contributed by atoms with van der Waals surface area (Å²) in [6, 6.07) is 27.6. The molecule has 6 aromatic rings. The van der Waals surface area contributed by atoms with Crippen molar-refractivity contribution in [3.63, 3.8) is 0 Å². The van der Waals surface area contributed by atoms with Crippen molar-refractivity contribution in [3.8, 4) is 107 Å². The summed E-state index contributed by atoms with van der Waals surface area (Å²) in [4.78, 5) is 55.4. The first kappa shape index (κ1) is 85.0. The first-order valence-electron chi connectivity index (χ1n) is 27.0. The number of nitrogens with zero attached hydrogens (tertiary/aromatic N) is 7. The Labute approximate surface area is 552 Å². The smallest absolute Gasteiger partial charge is 0.330 e. The van der Waals surface area contributed by atoms with Gasteiger partial charge in [-0.05, 0) is 101 Å². The molecule has 93 heavy (non-hydrogen) atoms. The predicted octanol–water partition coefficient (Wildman–Crippen LogP) is 8.00. The number of hydrogen-bond donors (Lipinski definition) is 10. The molecule has 1 unspecified atom stereocenters. The van der Waals surface area contributed by atoms with Gasteiger partial charge in [0.05, 0.1) is 19.5 Å². The number of aromatic nitrogens is 5. The van der Waals surface area contributed by atoms with E-state index in [-0.39, 0.29) is 84.6 Å². The molecule has 0 aliphatic carbocycles. The minimum Gasteiger partial charge on any atom is -0.481 e. The van der Waals surface area contributed by atoms with E-state index < -0.39 is 6.10 Å². The Hall–Kier alpha value is -12.2. The number of nitrogen functional groups attached to an aromatic ring is 3. The largest absolute Gasteiger partial charge is 0.481 e. The van der Waals surface area contributed by atoms with Crippen LogP contribution in [-0.4, -0.2) is 100.0 Å². The number of likely N-dealkylation sites (N-methyl/N-ethyl adjacent to an activating group) is 2. The summed E-state index contributed by atoms with van der Waals surface area (Å²) in [6.07, 6.45) is 18.1. The molecule has 0 saturated heterocycles. The van der Waals surface area contributed by atoms with Crippen molar-refractivity contribution in [3.05, 3.63) is 166 Å². The first-order chi connectivity index (χ1) is 43.7. The monoisotopic (exact) mass is 1290 g/mol. The number of aromatic amines is 2. The van der Waals surface area contributed by atoms with Crippen LogP contribution in [0.3, 0.4) is 0 Å². The molecule has 2 aromatic carbocycles. The Morgan fingerprint density at radius 3 is 1.72 bits per heavy atom. The average Bonchev–Trinajstić information content (AvgIpc) is 0.853. The standard InChI is InChI=1S/C17H17N3O2.C16H26N4O2.C12H15N5O2.C7H4.C7H2.C6H7N.CH5N3.CH2O3.ClH.H2/c1-12(2)15-11-20-17(21)8-16(15)22-14(9-18)10-19-13-6-4-3-5-7-13;1-11(2)12-10-18-15(21-7)8-13(12)22-14(9-17)16(19(3)4)20(5)6;1-6(2)7-4-15-10(18)3-8(7)19-9-5-16-12(14)17-11(9)13;2*1-3-5-7-6-4-2;7-6-4-2-1-3-5-6;2-1(3)4;2-1-4-3;;/h3-8,10-12,19H,1-2H3,(H,20,21);8,10-11,14,16H,1-7H3;3-6H,1-2H3,(H,15,18)(H4,13,14,16,17);1H,2H3;1H2;1-5H,7H2;(H5,2,3,4);1,3H;2*1H/q;;;;-2;;;;;/b14-10+;;;;;;;;;. The number of allylic oxidation sites excluding steroid dienone is 1. The minimum absolute atomic E-state index is 0. The van der Waals surface area contributed by atoms with Crippen LogP contribution in [0, 0.1) is 107 Å². The van der Waals surface area contributed by atoms with E-state index in [1.165, 1.54) is 24.5 Å². The third kappa shape index (κ3) is 38.7. The van der Waals surface area contributed by atoms with Crippen molar-refractivity contribution in [1.29, 1.82) is 15.9 Å². The van der Waals surface area contributed by atoms with Crippen molar-refractivity contribution < 1.29 is 35.3 Å². The fraction of sp³-hybridized carbons (Fsp3) is 0.254. The fourth-order valence-electron chi connectivity index (χ4n) is 6.55. The van der Waals surface area contributed by atoms with Gasteiger partial charge < -0.3 is 74.2 Å². The number of terminal acetylenes is 1. The summed E-state index contributed by atoms with van der Waals surface area (Å²) < 4.78 is 22.4. The molecular weight excluding hydrogens is 1210 g/mol. The number of nitrogens with two attached hydrogens (primary N) is 5. The Kier molecular flexibility index (Phi) is 46.4. The lowest BCUT2D eigenvalue weighted by Crippen LogP contribution is -2.50. The Balaban J connectivity index is -0.000000530. The van der Waals surface area contributed by atoms with Gasteiger partial charge in [0.15, 0.2) is 17.5 Å². The second-order valence-corrected chi connectivity index (χ2v) is 18.8. The van der Waals surface area contributed by atoms with Gasteiger partial charge in [-0.15, -0.1) is 18.8 Å². The quantitative estimate of drug-likeness (QED) is 0.00375. The van der Waals surface area contributed by atoms with Crippen LogP contribution in [0.1, 0.15) is 84.3 Å². The molecule has 1 atom stereocenters. The van der Waals surface area contributed by atoms with Crippen LogP contribution < -0.4 is 64.1 Å². The van der Waals surface area contributed by atoms with Gasteiger partial charge >= 0.3 is 6.47 Å². The topological polar surface area (TPSA) is 408 Å². The number of anilines is 4. The van der Waals surface area contributed by atoms with E-state index in [1.54, 1.807) is 38.7 Å². The van der Waals surface area contributed by atoms with Crippen LogP contribution in [-0.2, 0) is 9.68 Å². The highest BCUT2D eigenvalue weighted by molar-refractivity contribution is 5.85. The molecule has 0 aliphatic heterocycles. The molecule has 4 heterocycles. The number of hydrogen-bond acceptors (Lipinski definition) is 21. The number of pyridine rings is 3. The molecule has 4 aromatic heterocycles. The number of methoxy groups -OCH3 is 1. The molecule has 26 heteroatoms. The number of benzene rings is 2. The van der Waals surface area contributed by atoms with E-state index in [4.69, 9.17) is 64.5 Å². The van der Waals surface area contributed by atoms with E-state index in [0.717, 1.165) is 28.1 Å².